The molecule has 4 aromatic rings. The van der Waals surface area contributed by atoms with Crippen molar-refractivity contribution in [1.29, 1.82) is 0 Å². The molecule has 32 heavy (non-hydrogen) atoms. The van der Waals surface area contributed by atoms with E-state index in [1.54, 1.807) is 6.07 Å². The SMILES string of the molecule is Cc1ccc(C(=O)NCC(=O)NC(c2ccccc2)c2nc3ccccc3n2C)cc1C. The molecule has 3 aromatic carbocycles. The molecule has 2 amide bonds. The third-order valence-electron chi connectivity index (χ3n) is 5.70. The Kier molecular flexibility index (Phi) is 6.03. The molecular weight excluding hydrogens is 400 g/mol. The van der Waals surface area contributed by atoms with Gasteiger partial charge in [0.2, 0.25) is 5.91 Å². The minimum atomic E-state index is -0.445. The molecule has 0 radical (unpaired) electrons. The molecule has 2 N–H and O–H groups in total. The number of aromatic nitrogens is 2. The molecule has 1 aromatic heterocycles. The quantitative estimate of drug-likeness (QED) is 0.492. The van der Waals surface area contributed by atoms with Gasteiger partial charge < -0.3 is 15.2 Å². The van der Waals surface area contributed by atoms with E-state index >= 15 is 0 Å². The fraction of sp³-hybridized carbons (Fsp3) is 0.192. The third kappa shape index (κ3) is 4.39. The maximum Gasteiger partial charge on any atom is 0.251 e. The summed E-state index contributed by atoms with van der Waals surface area (Å²) in [6.45, 7) is 3.83. The molecule has 6 heteroatoms. The molecule has 0 spiro atoms. The minimum Gasteiger partial charge on any atom is -0.343 e. The monoisotopic (exact) mass is 426 g/mol. The molecule has 0 bridgehead atoms. The van der Waals surface area contributed by atoms with Crippen LogP contribution in [0.25, 0.3) is 11.0 Å². The lowest BCUT2D eigenvalue weighted by molar-refractivity contribution is -0.120. The zero-order valence-corrected chi connectivity index (χ0v) is 18.4. The van der Waals surface area contributed by atoms with E-state index in [4.69, 9.17) is 4.98 Å². The first-order valence-corrected chi connectivity index (χ1v) is 10.5. The van der Waals surface area contributed by atoms with Crippen LogP contribution >= 0.6 is 0 Å². The second-order valence-corrected chi connectivity index (χ2v) is 7.91. The average molecular weight is 427 g/mol. The van der Waals surface area contributed by atoms with Crippen molar-refractivity contribution in [2.75, 3.05) is 6.54 Å². The zero-order valence-electron chi connectivity index (χ0n) is 18.4. The van der Waals surface area contributed by atoms with Gasteiger partial charge in [-0.15, -0.1) is 0 Å². The van der Waals surface area contributed by atoms with Gasteiger partial charge in [0.15, 0.2) is 0 Å². The predicted octanol–water partition coefficient (Wildman–Crippen LogP) is 3.83. The van der Waals surface area contributed by atoms with Gasteiger partial charge >= 0.3 is 0 Å². The van der Waals surface area contributed by atoms with Crippen LogP contribution in [-0.2, 0) is 11.8 Å². The fourth-order valence-corrected chi connectivity index (χ4v) is 3.72. The number of amides is 2. The number of carbonyl (C=O) groups is 2. The Morgan fingerprint density at radius 1 is 0.938 bits per heavy atom. The van der Waals surface area contributed by atoms with E-state index in [9.17, 15) is 9.59 Å². The summed E-state index contributed by atoms with van der Waals surface area (Å²) < 4.78 is 1.99. The van der Waals surface area contributed by atoms with Gasteiger partial charge in [0, 0.05) is 12.6 Å². The van der Waals surface area contributed by atoms with Crippen LogP contribution in [0.4, 0.5) is 0 Å². The first-order chi connectivity index (χ1) is 15.4. The summed E-state index contributed by atoms with van der Waals surface area (Å²) in [5, 5.41) is 5.76. The summed E-state index contributed by atoms with van der Waals surface area (Å²) in [6.07, 6.45) is 0. The van der Waals surface area contributed by atoms with Crippen LogP contribution in [0.1, 0.15) is 38.9 Å². The van der Waals surface area contributed by atoms with Crippen LogP contribution in [0.2, 0.25) is 0 Å². The van der Waals surface area contributed by atoms with Crippen LogP contribution in [0.5, 0.6) is 0 Å². The molecule has 0 aliphatic rings. The first kappa shape index (κ1) is 21.3. The van der Waals surface area contributed by atoms with Crippen molar-refractivity contribution in [3.05, 3.63) is 101 Å². The number of rotatable bonds is 6. The van der Waals surface area contributed by atoms with Gasteiger partial charge in [-0.3, -0.25) is 9.59 Å². The van der Waals surface area contributed by atoms with E-state index in [1.165, 1.54) is 0 Å². The van der Waals surface area contributed by atoms with E-state index in [2.05, 4.69) is 10.6 Å². The normalized spacial score (nSPS) is 11.8. The molecule has 0 aliphatic carbocycles. The van der Waals surface area contributed by atoms with Crippen LogP contribution in [0.3, 0.4) is 0 Å². The van der Waals surface area contributed by atoms with E-state index in [-0.39, 0.29) is 18.4 Å². The van der Waals surface area contributed by atoms with Crippen molar-refractivity contribution < 1.29 is 9.59 Å². The lowest BCUT2D eigenvalue weighted by Crippen LogP contribution is -2.39. The van der Waals surface area contributed by atoms with Crippen LogP contribution in [0, 0.1) is 13.8 Å². The van der Waals surface area contributed by atoms with E-state index in [1.807, 2.05) is 92.2 Å². The lowest BCUT2D eigenvalue weighted by atomic mass is 10.1. The smallest absolute Gasteiger partial charge is 0.251 e. The second-order valence-electron chi connectivity index (χ2n) is 7.91. The Bertz CT molecular complexity index is 1280. The van der Waals surface area contributed by atoms with Gasteiger partial charge in [-0.25, -0.2) is 4.98 Å². The molecule has 6 nitrogen and oxygen atoms in total. The van der Waals surface area contributed by atoms with Crippen molar-refractivity contribution >= 4 is 22.8 Å². The maximum absolute atomic E-state index is 12.8. The summed E-state index contributed by atoms with van der Waals surface area (Å²) >= 11 is 0. The Hall–Kier alpha value is -3.93. The Labute approximate surface area is 187 Å². The van der Waals surface area contributed by atoms with Gasteiger partial charge in [-0.2, -0.15) is 0 Å². The molecule has 4 rings (SSSR count). The Morgan fingerprint density at radius 2 is 1.66 bits per heavy atom. The van der Waals surface area contributed by atoms with Gasteiger partial charge in [0.25, 0.3) is 5.91 Å². The largest absolute Gasteiger partial charge is 0.343 e. The number of para-hydroxylation sites is 2. The average Bonchev–Trinajstić information content (AvgIpc) is 3.14. The number of hydrogen-bond acceptors (Lipinski definition) is 3. The van der Waals surface area contributed by atoms with Gasteiger partial charge in [-0.05, 0) is 54.8 Å². The number of hydrogen-bond donors (Lipinski definition) is 2. The van der Waals surface area contributed by atoms with Gasteiger partial charge in [0.1, 0.15) is 11.9 Å². The molecule has 0 saturated carbocycles. The number of nitrogens with zero attached hydrogens (tertiary/aromatic N) is 2. The van der Waals surface area contributed by atoms with Crippen LogP contribution in [-0.4, -0.2) is 27.9 Å². The molecule has 162 valence electrons. The van der Waals surface area contributed by atoms with Gasteiger partial charge in [-0.1, -0.05) is 48.5 Å². The summed E-state index contributed by atoms with van der Waals surface area (Å²) in [4.78, 5) is 30.1. The zero-order chi connectivity index (χ0) is 22.7. The first-order valence-electron chi connectivity index (χ1n) is 10.5. The molecule has 0 saturated heterocycles. The third-order valence-corrected chi connectivity index (χ3v) is 5.70. The summed E-state index contributed by atoms with van der Waals surface area (Å²) in [6, 6.07) is 22.6. The van der Waals surface area contributed by atoms with Gasteiger partial charge in [0.05, 0.1) is 17.6 Å². The van der Waals surface area contributed by atoms with E-state index in [0.29, 0.717) is 5.56 Å². The number of aryl methyl sites for hydroxylation is 3. The second kappa shape index (κ2) is 9.06. The highest BCUT2D eigenvalue weighted by Crippen LogP contribution is 2.24. The molecule has 1 heterocycles. The number of imidazole rings is 1. The summed E-state index contributed by atoms with van der Waals surface area (Å²) in [7, 11) is 1.94. The van der Waals surface area contributed by atoms with Crippen LogP contribution in [0.15, 0.2) is 72.8 Å². The minimum absolute atomic E-state index is 0.126. The number of nitrogens with one attached hydrogen (secondary N) is 2. The Morgan fingerprint density at radius 3 is 2.38 bits per heavy atom. The predicted molar refractivity (Wildman–Crippen MR) is 125 cm³/mol. The molecule has 1 unspecified atom stereocenters. The molecular formula is C26H26N4O2. The molecule has 0 aliphatic heterocycles. The van der Waals surface area contributed by atoms with Crippen molar-refractivity contribution in [1.82, 2.24) is 20.2 Å². The van der Waals surface area contributed by atoms with Crippen molar-refractivity contribution in [3.8, 4) is 0 Å². The molecule has 0 fully saturated rings. The highest BCUT2D eigenvalue weighted by Gasteiger charge is 2.23. The highest BCUT2D eigenvalue weighted by molar-refractivity contribution is 5.96. The highest BCUT2D eigenvalue weighted by atomic mass is 16.2. The molecule has 1 atom stereocenters. The fourth-order valence-electron chi connectivity index (χ4n) is 3.72. The number of benzene rings is 3. The standard InChI is InChI=1S/C26H26N4O2/c1-17-13-14-20(15-18(17)2)26(32)27-16-23(31)29-24(19-9-5-4-6-10-19)25-28-21-11-7-8-12-22(21)30(25)3/h4-15,24H,16H2,1-3H3,(H,27,32)(H,29,31). The summed E-state index contributed by atoms with van der Waals surface area (Å²) in [5.74, 6) is 0.163. The van der Waals surface area contributed by atoms with E-state index < -0.39 is 6.04 Å². The van der Waals surface area contributed by atoms with Crippen molar-refractivity contribution in [3.63, 3.8) is 0 Å². The van der Waals surface area contributed by atoms with E-state index in [0.717, 1.165) is 33.5 Å². The number of carbonyl (C=O) groups excluding carboxylic acids is 2. The lowest BCUT2D eigenvalue weighted by Gasteiger charge is -2.19. The van der Waals surface area contributed by atoms with Crippen molar-refractivity contribution in [2.24, 2.45) is 7.05 Å². The Balaban J connectivity index is 1.53. The topological polar surface area (TPSA) is 76.0 Å². The number of fused-ring (bicyclic) bond motifs is 1. The van der Waals surface area contributed by atoms with Crippen LogP contribution < -0.4 is 10.6 Å². The summed E-state index contributed by atoms with van der Waals surface area (Å²) in [5.41, 5.74) is 5.46. The van der Waals surface area contributed by atoms with Crippen molar-refractivity contribution in [2.45, 2.75) is 19.9 Å². The maximum atomic E-state index is 12.8.